The summed E-state index contributed by atoms with van der Waals surface area (Å²) in [6.07, 6.45) is 3.89. The molecule has 18 heavy (non-hydrogen) atoms. The molecule has 3 atom stereocenters. The van der Waals surface area contributed by atoms with Crippen LogP contribution < -0.4 is 5.32 Å². The highest BCUT2D eigenvalue weighted by Gasteiger charge is 2.28. The van der Waals surface area contributed by atoms with Crippen molar-refractivity contribution in [2.24, 2.45) is 0 Å². The van der Waals surface area contributed by atoms with Gasteiger partial charge in [0.2, 0.25) is 0 Å². The van der Waals surface area contributed by atoms with E-state index in [2.05, 4.69) is 34.2 Å². The molecule has 0 heterocycles. The van der Waals surface area contributed by atoms with Crippen LogP contribution in [0.1, 0.15) is 37.8 Å². The number of benzene rings is 1. The van der Waals surface area contributed by atoms with Gasteiger partial charge in [-0.25, -0.2) is 0 Å². The van der Waals surface area contributed by atoms with Crippen LogP contribution in [0.4, 0.5) is 0 Å². The van der Waals surface area contributed by atoms with Gasteiger partial charge in [0.25, 0.3) is 0 Å². The lowest BCUT2D eigenvalue weighted by Crippen LogP contribution is -2.38. The highest BCUT2D eigenvalue weighted by Crippen LogP contribution is 2.29. The molecule has 1 fully saturated rings. The number of halogens is 2. The van der Waals surface area contributed by atoms with E-state index in [1.807, 2.05) is 12.1 Å². The first kappa shape index (κ1) is 14.3. The van der Waals surface area contributed by atoms with E-state index in [1.165, 1.54) is 12.8 Å². The summed E-state index contributed by atoms with van der Waals surface area (Å²) < 4.78 is 6.52. The third-order valence-electron chi connectivity index (χ3n) is 3.65. The minimum atomic E-state index is 0.242. The number of hydrogen-bond donors (Lipinski definition) is 1. The second-order valence-electron chi connectivity index (χ2n) is 4.87. The zero-order chi connectivity index (χ0) is 13.1. The van der Waals surface area contributed by atoms with Gasteiger partial charge in [-0.3, -0.25) is 0 Å². The molecule has 4 heteroatoms. The average molecular weight is 333 g/mol. The lowest BCUT2D eigenvalue weighted by molar-refractivity contribution is 0.0820. The summed E-state index contributed by atoms with van der Waals surface area (Å²) in [5, 5.41) is 4.43. The molecule has 2 rings (SSSR count). The summed E-state index contributed by atoms with van der Waals surface area (Å²) in [5.74, 6) is 0. The van der Waals surface area contributed by atoms with Crippen molar-refractivity contribution in [2.75, 3.05) is 7.11 Å². The van der Waals surface area contributed by atoms with Crippen molar-refractivity contribution in [3.05, 3.63) is 33.3 Å². The monoisotopic (exact) mass is 331 g/mol. The van der Waals surface area contributed by atoms with Crippen molar-refractivity contribution in [1.82, 2.24) is 5.32 Å². The molecule has 100 valence electrons. The smallest absolute Gasteiger partial charge is 0.0724 e. The summed E-state index contributed by atoms with van der Waals surface area (Å²) in [4.78, 5) is 0. The van der Waals surface area contributed by atoms with Crippen molar-refractivity contribution >= 4 is 27.5 Å². The van der Waals surface area contributed by atoms with Crippen LogP contribution in [-0.2, 0) is 4.74 Å². The van der Waals surface area contributed by atoms with Gasteiger partial charge in [0.1, 0.15) is 0 Å². The van der Waals surface area contributed by atoms with E-state index in [0.717, 1.165) is 21.5 Å². The van der Waals surface area contributed by atoms with Gasteiger partial charge in [-0.15, -0.1) is 0 Å². The average Bonchev–Trinajstić information content (AvgIpc) is 2.76. The summed E-state index contributed by atoms with van der Waals surface area (Å²) in [6.45, 7) is 2.15. The predicted molar refractivity (Wildman–Crippen MR) is 79.1 cm³/mol. The summed E-state index contributed by atoms with van der Waals surface area (Å²) in [7, 11) is 1.79. The number of hydrogen-bond acceptors (Lipinski definition) is 2. The van der Waals surface area contributed by atoms with E-state index >= 15 is 0 Å². The van der Waals surface area contributed by atoms with Gasteiger partial charge in [-0.2, -0.15) is 0 Å². The molecule has 2 nitrogen and oxygen atoms in total. The molecule has 0 radical (unpaired) electrons. The van der Waals surface area contributed by atoms with Gasteiger partial charge in [0, 0.05) is 28.7 Å². The van der Waals surface area contributed by atoms with Gasteiger partial charge in [-0.05, 0) is 43.9 Å². The van der Waals surface area contributed by atoms with Crippen molar-refractivity contribution in [2.45, 2.75) is 44.4 Å². The maximum absolute atomic E-state index is 6.28. The SMILES string of the molecule is COC1CCCC1NC(C)c1ccc(Br)cc1Cl. The molecule has 0 aliphatic heterocycles. The fourth-order valence-electron chi connectivity index (χ4n) is 2.66. The van der Waals surface area contributed by atoms with Crippen LogP contribution in [-0.4, -0.2) is 19.3 Å². The van der Waals surface area contributed by atoms with Crippen LogP contribution >= 0.6 is 27.5 Å². The van der Waals surface area contributed by atoms with Crippen LogP contribution in [0.2, 0.25) is 5.02 Å². The van der Waals surface area contributed by atoms with Crippen molar-refractivity contribution < 1.29 is 4.74 Å². The normalized spacial score (nSPS) is 25.3. The van der Waals surface area contributed by atoms with Crippen LogP contribution in [0.3, 0.4) is 0 Å². The maximum atomic E-state index is 6.28. The molecule has 3 unspecified atom stereocenters. The first-order valence-electron chi connectivity index (χ1n) is 6.35. The standard InChI is InChI=1S/C14H19BrClNO/c1-9(11-7-6-10(15)8-12(11)16)17-13-4-3-5-14(13)18-2/h6-9,13-14,17H,3-5H2,1-2H3. The number of rotatable bonds is 4. The minimum Gasteiger partial charge on any atom is -0.380 e. The molecule has 0 spiro atoms. The molecular weight excluding hydrogens is 314 g/mol. The first-order chi connectivity index (χ1) is 8.61. The Kier molecular flexibility index (Phi) is 5.07. The molecule has 0 bridgehead atoms. The molecule has 1 aliphatic carbocycles. The topological polar surface area (TPSA) is 21.3 Å². The van der Waals surface area contributed by atoms with E-state index in [0.29, 0.717) is 12.1 Å². The Balaban J connectivity index is 2.05. The Morgan fingerprint density at radius 3 is 2.89 bits per heavy atom. The largest absolute Gasteiger partial charge is 0.380 e. The molecular formula is C14H19BrClNO. The summed E-state index contributed by atoms with van der Waals surface area (Å²) in [5.41, 5.74) is 1.14. The van der Waals surface area contributed by atoms with Crippen LogP contribution in [0.25, 0.3) is 0 Å². The van der Waals surface area contributed by atoms with Gasteiger partial charge < -0.3 is 10.1 Å². The first-order valence-corrected chi connectivity index (χ1v) is 7.52. The zero-order valence-corrected chi connectivity index (χ0v) is 13.1. The Labute approximate surface area is 122 Å². The van der Waals surface area contributed by atoms with Crippen molar-refractivity contribution in [1.29, 1.82) is 0 Å². The lowest BCUT2D eigenvalue weighted by Gasteiger charge is -2.25. The van der Waals surface area contributed by atoms with E-state index in [4.69, 9.17) is 16.3 Å². The van der Waals surface area contributed by atoms with Crippen molar-refractivity contribution in [3.8, 4) is 0 Å². The molecule has 1 N–H and O–H groups in total. The number of nitrogens with one attached hydrogen (secondary N) is 1. The number of ether oxygens (including phenoxy) is 1. The highest BCUT2D eigenvalue weighted by molar-refractivity contribution is 9.10. The Hall–Kier alpha value is -0.0900. The van der Waals surface area contributed by atoms with Crippen LogP contribution in [0.15, 0.2) is 22.7 Å². The third-order valence-corrected chi connectivity index (χ3v) is 4.47. The van der Waals surface area contributed by atoms with Crippen LogP contribution in [0, 0.1) is 0 Å². The van der Waals surface area contributed by atoms with Gasteiger partial charge in [0.05, 0.1) is 6.10 Å². The van der Waals surface area contributed by atoms with E-state index in [9.17, 15) is 0 Å². The summed E-state index contributed by atoms with van der Waals surface area (Å²) >= 11 is 9.71. The molecule has 0 aromatic heterocycles. The molecule has 1 aliphatic rings. The van der Waals surface area contributed by atoms with Crippen LogP contribution in [0.5, 0.6) is 0 Å². The second-order valence-corrected chi connectivity index (χ2v) is 6.19. The van der Waals surface area contributed by atoms with E-state index in [1.54, 1.807) is 7.11 Å². The fourth-order valence-corrected chi connectivity index (χ4v) is 3.50. The lowest BCUT2D eigenvalue weighted by atomic mass is 10.1. The van der Waals surface area contributed by atoms with E-state index in [-0.39, 0.29) is 6.04 Å². The second kappa shape index (κ2) is 6.38. The van der Waals surface area contributed by atoms with Gasteiger partial charge in [-0.1, -0.05) is 33.6 Å². The fraction of sp³-hybridized carbons (Fsp3) is 0.571. The Bertz CT molecular complexity index is 413. The Morgan fingerprint density at radius 1 is 1.44 bits per heavy atom. The van der Waals surface area contributed by atoms with Gasteiger partial charge in [0.15, 0.2) is 0 Å². The molecule has 1 aromatic carbocycles. The van der Waals surface area contributed by atoms with E-state index < -0.39 is 0 Å². The number of methoxy groups -OCH3 is 1. The maximum Gasteiger partial charge on any atom is 0.0724 e. The minimum absolute atomic E-state index is 0.242. The summed E-state index contributed by atoms with van der Waals surface area (Å²) in [6, 6.07) is 6.72. The van der Waals surface area contributed by atoms with Gasteiger partial charge >= 0.3 is 0 Å². The van der Waals surface area contributed by atoms with Crippen molar-refractivity contribution in [3.63, 3.8) is 0 Å². The molecule has 0 amide bonds. The highest BCUT2D eigenvalue weighted by atomic mass is 79.9. The zero-order valence-electron chi connectivity index (χ0n) is 10.7. The predicted octanol–water partition coefficient (Wildman–Crippen LogP) is 4.32. The third kappa shape index (κ3) is 3.27. The molecule has 1 saturated carbocycles. The Morgan fingerprint density at radius 2 is 2.22 bits per heavy atom. The quantitative estimate of drug-likeness (QED) is 0.886. The molecule has 0 saturated heterocycles. The molecule has 1 aromatic rings.